The molecule has 7 heteroatoms. The Balaban J connectivity index is 3.16. The Bertz CT molecular complexity index is 408. The molecule has 1 aliphatic heterocycles. The molecule has 1 fully saturated rings. The largest absolute Gasteiger partial charge is 0.383 e. The Kier molecular flexibility index (Phi) is 5.48. The monoisotopic (exact) mass is 279 g/mol. The summed E-state index contributed by atoms with van der Waals surface area (Å²) in [6.45, 7) is 12.8. The van der Waals surface area contributed by atoms with Crippen molar-refractivity contribution in [2.45, 2.75) is 5.79 Å². The van der Waals surface area contributed by atoms with Crippen LogP contribution in [0.15, 0.2) is 37.6 Å². The normalized spacial score (nSPS) is 17.8. The molecule has 1 aliphatic rings. The SMILES string of the molecule is C=CC(=O)NC1(NC(=O)C=C)C(=C)NCCN1CCN. The molecule has 110 valence electrons. The molecule has 0 saturated carbocycles. The zero-order chi connectivity index (χ0) is 15.2. The van der Waals surface area contributed by atoms with E-state index in [1.54, 1.807) is 0 Å². The van der Waals surface area contributed by atoms with Gasteiger partial charge in [-0.15, -0.1) is 0 Å². The topological polar surface area (TPSA) is 99.5 Å². The standard InChI is InChI=1S/C13H21N5O2/c1-4-11(19)16-13(17-12(20)5-2)10(3)15-7-9-18(13)8-6-14/h4-5,15H,1-3,6-9,14H2,(H,16,19)(H,17,20). The summed E-state index contributed by atoms with van der Waals surface area (Å²) in [4.78, 5) is 25.3. The van der Waals surface area contributed by atoms with Gasteiger partial charge in [-0.2, -0.15) is 0 Å². The lowest BCUT2D eigenvalue weighted by atomic mass is 10.1. The summed E-state index contributed by atoms with van der Waals surface area (Å²) >= 11 is 0. The van der Waals surface area contributed by atoms with E-state index in [0.29, 0.717) is 31.9 Å². The minimum absolute atomic E-state index is 0.378. The lowest BCUT2D eigenvalue weighted by Gasteiger charge is -2.48. The minimum Gasteiger partial charge on any atom is -0.383 e. The van der Waals surface area contributed by atoms with E-state index >= 15 is 0 Å². The molecule has 0 bridgehead atoms. The number of nitrogens with one attached hydrogen (secondary N) is 3. The summed E-state index contributed by atoms with van der Waals surface area (Å²) in [5.41, 5.74) is 6.06. The van der Waals surface area contributed by atoms with E-state index in [9.17, 15) is 9.59 Å². The van der Waals surface area contributed by atoms with Crippen LogP contribution in [-0.2, 0) is 9.59 Å². The van der Waals surface area contributed by atoms with Crippen molar-refractivity contribution in [3.05, 3.63) is 37.6 Å². The number of rotatable bonds is 6. The zero-order valence-corrected chi connectivity index (χ0v) is 11.4. The maximum Gasteiger partial charge on any atom is 0.246 e. The van der Waals surface area contributed by atoms with Crippen molar-refractivity contribution < 1.29 is 9.59 Å². The van der Waals surface area contributed by atoms with E-state index in [2.05, 4.69) is 35.7 Å². The molecule has 0 aromatic rings. The smallest absolute Gasteiger partial charge is 0.246 e. The first-order valence-corrected chi connectivity index (χ1v) is 6.27. The summed E-state index contributed by atoms with van der Waals surface area (Å²) in [5, 5.41) is 8.45. The van der Waals surface area contributed by atoms with Gasteiger partial charge in [0.15, 0.2) is 0 Å². The predicted octanol–water partition coefficient (Wildman–Crippen LogP) is -1.38. The molecule has 0 aromatic heterocycles. The maximum atomic E-state index is 11.7. The Morgan fingerprint density at radius 2 is 1.90 bits per heavy atom. The van der Waals surface area contributed by atoms with Crippen LogP contribution in [0.1, 0.15) is 0 Å². The number of piperazine rings is 1. The molecule has 7 nitrogen and oxygen atoms in total. The average molecular weight is 279 g/mol. The second-order valence-electron chi connectivity index (χ2n) is 4.28. The average Bonchev–Trinajstić information content (AvgIpc) is 2.43. The molecule has 1 rings (SSSR count). The van der Waals surface area contributed by atoms with E-state index in [1.807, 2.05) is 4.90 Å². The number of nitrogens with zero attached hydrogens (tertiary/aromatic N) is 1. The van der Waals surface area contributed by atoms with Crippen molar-refractivity contribution in [2.24, 2.45) is 5.73 Å². The maximum absolute atomic E-state index is 11.7. The van der Waals surface area contributed by atoms with Crippen LogP contribution < -0.4 is 21.7 Å². The van der Waals surface area contributed by atoms with Crippen LogP contribution in [0.5, 0.6) is 0 Å². The van der Waals surface area contributed by atoms with E-state index in [0.717, 1.165) is 12.2 Å². The highest BCUT2D eigenvalue weighted by Crippen LogP contribution is 2.19. The van der Waals surface area contributed by atoms with Gasteiger partial charge in [-0.05, 0) is 12.2 Å². The first-order valence-electron chi connectivity index (χ1n) is 6.27. The van der Waals surface area contributed by atoms with Gasteiger partial charge in [-0.3, -0.25) is 14.5 Å². The van der Waals surface area contributed by atoms with Crippen molar-refractivity contribution in [3.63, 3.8) is 0 Å². The van der Waals surface area contributed by atoms with E-state index in [-0.39, 0.29) is 0 Å². The third-order valence-electron chi connectivity index (χ3n) is 3.01. The zero-order valence-electron chi connectivity index (χ0n) is 11.4. The van der Waals surface area contributed by atoms with Crippen LogP contribution in [0.4, 0.5) is 0 Å². The van der Waals surface area contributed by atoms with Crippen molar-refractivity contribution >= 4 is 11.8 Å². The molecule has 1 heterocycles. The van der Waals surface area contributed by atoms with Crippen molar-refractivity contribution in [1.82, 2.24) is 20.9 Å². The Hall–Kier alpha value is -2.12. The summed E-state index contributed by atoms with van der Waals surface area (Å²) in [7, 11) is 0. The molecule has 20 heavy (non-hydrogen) atoms. The van der Waals surface area contributed by atoms with E-state index in [4.69, 9.17) is 5.73 Å². The number of hydrogen-bond acceptors (Lipinski definition) is 5. The first kappa shape index (κ1) is 15.9. The Labute approximate surface area is 118 Å². The minimum atomic E-state index is -1.24. The number of carbonyl (C=O) groups excluding carboxylic acids is 2. The van der Waals surface area contributed by atoms with Gasteiger partial charge in [-0.25, -0.2) is 0 Å². The fourth-order valence-electron chi connectivity index (χ4n) is 2.06. The molecule has 1 saturated heterocycles. The van der Waals surface area contributed by atoms with Crippen LogP contribution in [-0.4, -0.2) is 48.7 Å². The summed E-state index contributed by atoms with van der Waals surface area (Å²) in [6, 6.07) is 0. The molecule has 2 amide bonds. The number of carbonyl (C=O) groups is 2. The molecular weight excluding hydrogens is 258 g/mol. The number of amides is 2. The Morgan fingerprint density at radius 3 is 2.35 bits per heavy atom. The fraction of sp³-hybridized carbons (Fsp3) is 0.385. The van der Waals surface area contributed by atoms with Crippen LogP contribution in [0.3, 0.4) is 0 Å². The second kappa shape index (κ2) is 6.88. The third-order valence-corrected chi connectivity index (χ3v) is 3.01. The summed E-state index contributed by atoms with van der Waals surface area (Å²) < 4.78 is 0. The van der Waals surface area contributed by atoms with Crippen molar-refractivity contribution in [2.75, 3.05) is 26.2 Å². The third kappa shape index (κ3) is 3.25. The van der Waals surface area contributed by atoms with Gasteiger partial charge in [0.1, 0.15) is 0 Å². The highest BCUT2D eigenvalue weighted by Gasteiger charge is 2.44. The van der Waals surface area contributed by atoms with Crippen LogP contribution in [0, 0.1) is 0 Å². The van der Waals surface area contributed by atoms with Crippen LogP contribution >= 0.6 is 0 Å². The second-order valence-corrected chi connectivity index (χ2v) is 4.28. The summed E-state index contributed by atoms with van der Waals surface area (Å²) in [5.74, 6) is -2.10. The molecular formula is C13H21N5O2. The Morgan fingerprint density at radius 1 is 1.35 bits per heavy atom. The van der Waals surface area contributed by atoms with E-state index < -0.39 is 17.6 Å². The number of nitrogens with two attached hydrogens (primary N) is 1. The first-order chi connectivity index (χ1) is 9.50. The number of hydrogen-bond donors (Lipinski definition) is 4. The fourth-order valence-corrected chi connectivity index (χ4v) is 2.06. The van der Waals surface area contributed by atoms with Gasteiger partial charge >= 0.3 is 0 Å². The van der Waals surface area contributed by atoms with E-state index in [1.165, 1.54) is 0 Å². The lowest BCUT2D eigenvalue weighted by molar-refractivity contribution is -0.127. The lowest BCUT2D eigenvalue weighted by Crippen LogP contribution is -2.75. The summed E-state index contributed by atoms with van der Waals surface area (Å²) in [6.07, 6.45) is 2.26. The van der Waals surface area contributed by atoms with Gasteiger partial charge in [0, 0.05) is 26.2 Å². The van der Waals surface area contributed by atoms with Crippen LogP contribution in [0.2, 0.25) is 0 Å². The van der Waals surface area contributed by atoms with Gasteiger partial charge in [0.05, 0.1) is 5.70 Å². The van der Waals surface area contributed by atoms with Gasteiger partial charge in [0.25, 0.3) is 0 Å². The predicted molar refractivity (Wildman–Crippen MR) is 77.2 cm³/mol. The molecule has 5 N–H and O–H groups in total. The quantitative estimate of drug-likeness (QED) is 0.355. The molecule has 0 unspecified atom stereocenters. The molecule has 0 aliphatic carbocycles. The van der Waals surface area contributed by atoms with Crippen molar-refractivity contribution in [1.29, 1.82) is 0 Å². The van der Waals surface area contributed by atoms with Gasteiger partial charge in [-0.1, -0.05) is 19.7 Å². The molecule has 0 aromatic carbocycles. The van der Waals surface area contributed by atoms with Crippen LogP contribution in [0.25, 0.3) is 0 Å². The highest BCUT2D eigenvalue weighted by atomic mass is 16.2. The van der Waals surface area contributed by atoms with Gasteiger partial charge in [0.2, 0.25) is 17.6 Å². The highest BCUT2D eigenvalue weighted by molar-refractivity contribution is 5.91. The van der Waals surface area contributed by atoms with Gasteiger partial charge < -0.3 is 21.7 Å². The van der Waals surface area contributed by atoms with Crippen molar-refractivity contribution in [3.8, 4) is 0 Å². The molecule has 0 atom stereocenters. The molecule has 0 spiro atoms. The molecule has 0 radical (unpaired) electrons.